The standard InChI is InChI=1S/C14H15Cl2N3O2S/c15-12-3-2-11(7-13(12)16)22(20,21)18-8-10-1-4-14-17-5-6-19(14)9-10/h2-3,5-7,10,18H,1,4,8-9H2/t10-/m0/s1. The zero-order valence-corrected chi connectivity index (χ0v) is 14.0. The summed E-state index contributed by atoms with van der Waals surface area (Å²) in [5, 5.41) is 0.561. The number of imidazole rings is 1. The van der Waals surface area contributed by atoms with Crippen LogP contribution in [0.1, 0.15) is 12.2 Å². The number of hydrogen-bond acceptors (Lipinski definition) is 3. The van der Waals surface area contributed by atoms with Crippen LogP contribution in [0, 0.1) is 5.92 Å². The molecule has 0 saturated heterocycles. The Labute approximate surface area is 139 Å². The summed E-state index contributed by atoms with van der Waals surface area (Å²) < 4.78 is 29.3. The minimum absolute atomic E-state index is 0.126. The Bertz CT molecular complexity index is 789. The Hall–Kier alpha value is -1.08. The Morgan fingerprint density at radius 2 is 2.14 bits per heavy atom. The zero-order chi connectivity index (χ0) is 15.7. The van der Waals surface area contributed by atoms with Gasteiger partial charge >= 0.3 is 0 Å². The van der Waals surface area contributed by atoms with Gasteiger partial charge in [0.1, 0.15) is 5.82 Å². The van der Waals surface area contributed by atoms with Gasteiger partial charge < -0.3 is 4.57 Å². The van der Waals surface area contributed by atoms with Gasteiger partial charge in [-0.1, -0.05) is 23.2 Å². The maximum atomic E-state index is 12.3. The number of fused-ring (bicyclic) bond motifs is 1. The molecule has 0 unspecified atom stereocenters. The number of nitrogens with zero attached hydrogens (tertiary/aromatic N) is 2. The van der Waals surface area contributed by atoms with Crippen molar-refractivity contribution >= 4 is 33.2 Å². The number of benzene rings is 1. The first-order chi connectivity index (χ1) is 10.5. The summed E-state index contributed by atoms with van der Waals surface area (Å²) in [5.41, 5.74) is 0. The summed E-state index contributed by atoms with van der Waals surface area (Å²) in [5.74, 6) is 1.31. The zero-order valence-electron chi connectivity index (χ0n) is 11.7. The number of rotatable bonds is 4. The average molecular weight is 360 g/mol. The second-order valence-electron chi connectivity index (χ2n) is 5.33. The third kappa shape index (κ3) is 3.30. The average Bonchev–Trinajstić information content (AvgIpc) is 2.95. The van der Waals surface area contributed by atoms with E-state index in [2.05, 4.69) is 14.3 Å². The second kappa shape index (κ2) is 6.20. The fourth-order valence-corrected chi connectivity index (χ4v) is 4.06. The van der Waals surface area contributed by atoms with Crippen LogP contribution in [0.3, 0.4) is 0 Å². The number of aromatic nitrogens is 2. The molecular weight excluding hydrogens is 345 g/mol. The highest BCUT2D eigenvalue weighted by molar-refractivity contribution is 7.89. The summed E-state index contributed by atoms with van der Waals surface area (Å²) in [4.78, 5) is 4.39. The first-order valence-electron chi connectivity index (χ1n) is 6.90. The van der Waals surface area contributed by atoms with Crippen LogP contribution in [-0.2, 0) is 23.0 Å². The van der Waals surface area contributed by atoms with Crippen LogP contribution >= 0.6 is 23.2 Å². The van der Waals surface area contributed by atoms with E-state index in [1.54, 1.807) is 6.20 Å². The fraction of sp³-hybridized carbons (Fsp3) is 0.357. The van der Waals surface area contributed by atoms with E-state index in [1.807, 2.05) is 6.20 Å². The molecule has 3 rings (SSSR count). The first kappa shape index (κ1) is 15.8. The highest BCUT2D eigenvalue weighted by atomic mass is 35.5. The van der Waals surface area contributed by atoms with E-state index in [1.165, 1.54) is 18.2 Å². The molecule has 1 atom stereocenters. The third-order valence-corrected chi connectivity index (χ3v) is 5.96. The molecule has 1 aliphatic rings. The molecule has 0 aliphatic carbocycles. The number of halogens is 2. The minimum Gasteiger partial charge on any atom is -0.335 e. The van der Waals surface area contributed by atoms with E-state index in [0.717, 1.165) is 25.2 Å². The Kier molecular flexibility index (Phi) is 4.45. The van der Waals surface area contributed by atoms with Crippen molar-refractivity contribution in [3.63, 3.8) is 0 Å². The molecule has 5 nitrogen and oxygen atoms in total. The smallest absolute Gasteiger partial charge is 0.240 e. The van der Waals surface area contributed by atoms with E-state index >= 15 is 0 Å². The molecule has 0 amide bonds. The van der Waals surface area contributed by atoms with Crippen molar-refractivity contribution in [3.05, 3.63) is 46.5 Å². The normalized spacial score (nSPS) is 18.2. The van der Waals surface area contributed by atoms with Crippen molar-refractivity contribution in [1.82, 2.24) is 14.3 Å². The molecule has 0 saturated carbocycles. The van der Waals surface area contributed by atoms with Crippen LogP contribution in [0.25, 0.3) is 0 Å². The van der Waals surface area contributed by atoms with Gasteiger partial charge in [0.05, 0.1) is 14.9 Å². The van der Waals surface area contributed by atoms with Gasteiger partial charge in [0, 0.05) is 31.9 Å². The second-order valence-corrected chi connectivity index (χ2v) is 7.91. The number of hydrogen-bond donors (Lipinski definition) is 1. The van der Waals surface area contributed by atoms with E-state index < -0.39 is 10.0 Å². The number of sulfonamides is 1. The molecule has 0 fully saturated rings. The topological polar surface area (TPSA) is 64.0 Å². The van der Waals surface area contributed by atoms with E-state index in [9.17, 15) is 8.42 Å². The molecule has 1 N–H and O–H groups in total. The van der Waals surface area contributed by atoms with Gasteiger partial charge in [-0.15, -0.1) is 0 Å². The van der Waals surface area contributed by atoms with Crippen molar-refractivity contribution in [2.75, 3.05) is 6.54 Å². The maximum Gasteiger partial charge on any atom is 0.240 e. The summed E-state index contributed by atoms with van der Waals surface area (Å²) in [6, 6.07) is 4.29. The fourth-order valence-electron chi connectivity index (χ4n) is 2.56. The minimum atomic E-state index is -3.58. The lowest BCUT2D eigenvalue weighted by Gasteiger charge is -2.23. The Morgan fingerprint density at radius 3 is 2.91 bits per heavy atom. The molecule has 2 heterocycles. The van der Waals surface area contributed by atoms with Gasteiger partial charge in [0.15, 0.2) is 0 Å². The predicted molar refractivity (Wildman–Crippen MR) is 85.7 cm³/mol. The SMILES string of the molecule is O=S(=O)(NC[C@@H]1CCc2nccn2C1)c1ccc(Cl)c(Cl)c1. The lowest BCUT2D eigenvalue weighted by atomic mass is 10.00. The largest absolute Gasteiger partial charge is 0.335 e. The highest BCUT2D eigenvalue weighted by Crippen LogP contribution is 2.25. The molecule has 22 heavy (non-hydrogen) atoms. The van der Waals surface area contributed by atoms with Crippen LogP contribution in [0.2, 0.25) is 10.0 Å². The first-order valence-corrected chi connectivity index (χ1v) is 9.14. The van der Waals surface area contributed by atoms with Crippen molar-refractivity contribution in [1.29, 1.82) is 0 Å². The molecule has 2 aromatic rings. The Morgan fingerprint density at radius 1 is 1.32 bits per heavy atom. The van der Waals surface area contributed by atoms with E-state index in [4.69, 9.17) is 23.2 Å². The van der Waals surface area contributed by atoms with Crippen molar-refractivity contribution in [2.24, 2.45) is 5.92 Å². The highest BCUT2D eigenvalue weighted by Gasteiger charge is 2.22. The predicted octanol–water partition coefficient (Wildman–Crippen LogP) is 2.73. The summed E-state index contributed by atoms with van der Waals surface area (Å²) in [7, 11) is -3.58. The molecule has 8 heteroatoms. The van der Waals surface area contributed by atoms with Gasteiger partial charge in [-0.25, -0.2) is 18.1 Å². The number of aryl methyl sites for hydroxylation is 1. The molecule has 0 bridgehead atoms. The molecule has 0 spiro atoms. The van der Waals surface area contributed by atoms with Crippen LogP contribution in [-0.4, -0.2) is 24.5 Å². The number of nitrogens with one attached hydrogen (secondary N) is 1. The molecule has 1 aromatic heterocycles. The van der Waals surface area contributed by atoms with Gasteiger partial charge in [0.25, 0.3) is 0 Å². The van der Waals surface area contributed by atoms with Gasteiger partial charge in [0.2, 0.25) is 10.0 Å². The van der Waals surface area contributed by atoms with Crippen molar-refractivity contribution in [2.45, 2.75) is 24.3 Å². The van der Waals surface area contributed by atoms with E-state index in [0.29, 0.717) is 11.6 Å². The molecule has 1 aliphatic heterocycles. The van der Waals surface area contributed by atoms with Crippen LogP contribution < -0.4 is 4.72 Å². The quantitative estimate of drug-likeness (QED) is 0.912. The maximum absolute atomic E-state index is 12.3. The molecular formula is C14H15Cl2N3O2S. The summed E-state index contributed by atoms with van der Waals surface area (Å²) >= 11 is 11.7. The summed E-state index contributed by atoms with van der Waals surface area (Å²) in [6.45, 7) is 1.17. The van der Waals surface area contributed by atoms with E-state index in [-0.39, 0.29) is 15.8 Å². The van der Waals surface area contributed by atoms with Crippen LogP contribution in [0.15, 0.2) is 35.5 Å². The van der Waals surface area contributed by atoms with Crippen LogP contribution in [0.5, 0.6) is 0 Å². The molecule has 1 aromatic carbocycles. The lowest BCUT2D eigenvalue weighted by Crippen LogP contribution is -2.33. The molecule has 0 radical (unpaired) electrons. The Balaban J connectivity index is 1.67. The van der Waals surface area contributed by atoms with Gasteiger partial charge in [-0.3, -0.25) is 0 Å². The lowest BCUT2D eigenvalue weighted by molar-refractivity contribution is 0.363. The van der Waals surface area contributed by atoms with Crippen LogP contribution in [0.4, 0.5) is 0 Å². The third-order valence-electron chi connectivity index (χ3n) is 3.80. The van der Waals surface area contributed by atoms with Gasteiger partial charge in [-0.05, 0) is 30.5 Å². The van der Waals surface area contributed by atoms with Gasteiger partial charge in [-0.2, -0.15) is 0 Å². The van der Waals surface area contributed by atoms with Crippen molar-refractivity contribution in [3.8, 4) is 0 Å². The molecule has 118 valence electrons. The van der Waals surface area contributed by atoms with Crippen molar-refractivity contribution < 1.29 is 8.42 Å². The summed E-state index contributed by atoms with van der Waals surface area (Å²) in [6.07, 6.45) is 5.49. The monoisotopic (exact) mass is 359 g/mol.